The number of rotatable bonds is 3. The third kappa shape index (κ3) is 3.20. The molecule has 1 aromatic rings. The van der Waals surface area contributed by atoms with Gasteiger partial charge in [-0.1, -0.05) is 13.8 Å². The van der Waals surface area contributed by atoms with E-state index in [0.29, 0.717) is 22.8 Å². The molecule has 0 radical (unpaired) electrons. The number of carbonyl (C=O) groups is 1. The third-order valence-corrected chi connectivity index (χ3v) is 4.48. The van der Waals surface area contributed by atoms with Gasteiger partial charge in [0.05, 0.1) is 11.7 Å². The fourth-order valence-electron chi connectivity index (χ4n) is 2.81. The van der Waals surface area contributed by atoms with E-state index < -0.39 is 0 Å². The molecule has 3 heteroatoms. The smallest absolute Gasteiger partial charge is 0.163 e. The van der Waals surface area contributed by atoms with Gasteiger partial charge < -0.3 is 4.74 Å². The van der Waals surface area contributed by atoms with E-state index in [-0.39, 0.29) is 17.7 Å². The SMILES string of the molecule is CC(=O)c1cc(F)c(C)cc1OC1CCC(C)C(C)C1. The van der Waals surface area contributed by atoms with Crippen molar-refractivity contribution in [3.63, 3.8) is 0 Å². The molecule has 1 aliphatic carbocycles. The van der Waals surface area contributed by atoms with Crippen LogP contribution in [0.4, 0.5) is 4.39 Å². The summed E-state index contributed by atoms with van der Waals surface area (Å²) in [5.41, 5.74) is 0.863. The zero-order valence-corrected chi connectivity index (χ0v) is 12.7. The van der Waals surface area contributed by atoms with Crippen LogP contribution in [0.1, 0.15) is 56.0 Å². The van der Waals surface area contributed by atoms with Crippen LogP contribution in [-0.2, 0) is 0 Å². The molecule has 3 atom stereocenters. The van der Waals surface area contributed by atoms with Gasteiger partial charge in [-0.2, -0.15) is 0 Å². The molecule has 0 N–H and O–H groups in total. The van der Waals surface area contributed by atoms with Crippen LogP contribution in [0.3, 0.4) is 0 Å². The van der Waals surface area contributed by atoms with Crippen molar-refractivity contribution in [2.75, 3.05) is 0 Å². The van der Waals surface area contributed by atoms with Gasteiger partial charge in [-0.05, 0) is 62.6 Å². The summed E-state index contributed by atoms with van der Waals surface area (Å²) < 4.78 is 19.6. The van der Waals surface area contributed by atoms with Crippen molar-refractivity contribution in [3.05, 3.63) is 29.1 Å². The zero-order chi connectivity index (χ0) is 14.9. The summed E-state index contributed by atoms with van der Waals surface area (Å²) in [6, 6.07) is 2.94. The maximum atomic E-state index is 13.6. The number of ketones is 1. The van der Waals surface area contributed by atoms with Crippen LogP contribution in [0.25, 0.3) is 0 Å². The quantitative estimate of drug-likeness (QED) is 0.759. The number of hydrogen-bond donors (Lipinski definition) is 0. The van der Waals surface area contributed by atoms with Crippen LogP contribution in [0.5, 0.6) is 5.75 Å². The lowest BCUT2D eigenvalue weighted by atomic mass is 9.80. The van der Waals surface area contributed by atoms with Crippen molar-refractivity contribution in [2.24, 2.45) is 11.8 Å². The Bertz CT molecular complexity index is 510. The van der Waals surface area contributed by atoms with Gasteiger partial charge in [0.2, 0.25) is 0 Å². The highest BCUT2D eigenvalue weighted by Gasteiger charge is 2.26. The van der Waals surface area contributed by atoms with E-state index in [1.807, 2.05) is 0 Å². The molecule has 0 aliphatic heterocycles. The summed E-state index contributed by atoms with van der Waals surface area (Å²) in [5, 5.41) is 0. The second kappa shape index (κ2) is 5.94. The predicted molar refractivity (Wildman–Crippen MR) is 77.7 cm³/mol. The molecule has 110 valence electrons. The van der Waals surface area contributed by atoms with Crippen molar-refractivity contribution >= 4 is 5.78 Å². The molecule has 0 spiro atoms. The molecular formula is C17H23FO2. The Labute approximate surface area is 120 Å². The fraction of sp³-hybridized carbons (Fsp3) is 0.588. The first-order chi connectivity index (χ1) is 9.38. The number of hydrogen-bond acceptors (Lipinski definition) is 2. The van der Waals surface area contributed by atoms with E-state index in [0.717, 1.165) is 25.2 Å². The Kier molecular flexibility index (Phi) is 4.46. The summed E-state index contributed by atoms with van der Waals surface area (Å²) in [6.07, 6.45) is 3.26. The normalized spacial score (nSPS) is 26.4. The number of ether oxygens (including phenoxy) is 1. The van der Waals surface area contributed by atoms with Gasteiger partial charge in [-0.25, -0.2) is 4.39 Å². The number of benzene rings is 1. The predicted octanol–water partition coefficient (Wildman–Crippen LogP) is 4.54. The lowest BCUT2D eigenvalue weighted by Crippen LogP contribution is -2.29. The van der Waals surface area contributed by atoms with Crippen LogP contribution >= 0.6 is 0 Å². The fourth-order valence-corrected chi connectivity index (χ4v) is 2.81. The molecule has 0 amide bonds. The highest BCUT2D eigenvalue weighted by Crippen LogP contribution is 2.33. The van der Waals surface area contributed by atoms with Crippen LogP contribution in [0, 0.1) is 24.6 Å². The minimum absolute atomic E-state index is 0.129. The minimum atomic E-state index is -0.354. The monoisotopic (exact) mass is 278 g/mol. The highest BCUT2D eigenvalue weighted by atomic mass is 19.1. The summed E-state index contributed by atoms with van der Waals surface area (Å²) in [4.78, 5) is 11.6. The molecule has 1 fully saturated rings. The van der Waals surface area contributed by atoms with Gasteiger partial charge in [0, 0.05) is 0 Å². The first-order valence-corrected chi connectivity index (χ1v) is 7.36. The summed E-state index contributed by atoms with van der Waals surface area (Å²) in [6.45, 7) is 7.64. The van der Waals surface area contributed by atoms with E-state index in [1.165, 1.54) is 13.0 Å². The molecule has 2 nitrogen and oxygen atoms in total. The van der Waals surface area contributed by atoms with Crippen LogP contribution in [-0.4, -0.2) is 11.9 Å². The maximum Gasteiger partial charge on any atom is 0.163 e. The molecule has 1 aliphatic rings. The molecule has 0 saturated heterocycles. The minimum Gasteiger partial charge on any atom is -0.490 e. The molecular weight excluding hydrogens is 255 g/mol. The number of Topliss-reactive ketones (excluding diaryl/α,β-unsaturated/α-hetero) is 1. The summed E-state index contributed by atoms with van der Waals surface area (Å²) in [7, 11) is 0. The Hall–Kier alpha value is -1.38. The van der Waals surface area contributed by atoms with Gasteiger partial charge in [0.15, 0.2) is 5.78 Å². The molecule has 1 saturated carbocycles. The zero-order valence-electron chi connectivity index (χ0n) is 12.7. The lowest BCUT2D eigenvalue weighted by Gasteiger charge is -2.32. The van der Waals surface area contributed by atoms with Crippen molar-refractivity contribution in [1.29, 1.82) is 0 Å². The van der Waals surface area contributed by atoms with Crippen LogP contribution < -0.4 is 4.74 Å². The average molecular weight is 278 g/mol. The van der Waals surface area contributed by atoms with Crippen molar-refractivity contribution in [2.45, 2.75) is 53.1 Å². The molecule has 3 unspecified atom stereocenters. The summed E-state index contributed by atoms with van der Waals surface area (Å²) in [5.74, 6) is 1.36. The first kappa shape index (κ1) is 15.0. The molecule has 0 aromatic heterocycles. The maximum absolute atomic E-state index is 13.6. The topological polar surface area (TPSA) is 26.3 Å². The largest absolute Gasteiger partial charge is 0.490 e. The number of carbonyl (C=O) groups excluding carboxylic acids is 1. The standard InChI is InChI=1S/C17H23FO2/c1-10-5-6-14(7-11(10)2)20-17-8-12(3)16(18)9-15(17)13(4)19/h8-11,14H,5-7H2,1-4H3. The summed E-state index contributed by atoms with van der Waals surface area (Å²) >= 11 is 0. The molecule has 1 aromatic carbocycles. The van der Waals surface area contributed by atoms with E-state index in [4.69, 9.17) is 4.74 Å². The molecule has 2 rings (SSSR count). The Morgan fingerprint density at radius 3 is 2.55 bits per heavy atom. The van der Waals surface area contributed by atoms with E-state index in [2.05, 4.69) is 13.8 Å². The van der Waals surface area contributed by atoms with Crippen LogP contribution in [0.2, 0.25) is 0 Å². The Morgan fingerprint density at radius 2 is 1.95 bits per heavy atom. The van der Waals surface area contributed by atoms with Crippen molar-refractivity contribution < 1.29 is 13.9 Å². The molecule has 20 heavy (non-hydrogen) atoms. The van der Waals surface area contributed by atoms with E-state index in [1.54, 1.807) is 13.0 Å². The highest BCUT2D eigenvalue weighted by molar-refractivity contribution is 5.96. The van der Waals surface area contributed by atoms with Gasteiger partial charge in [-0.15, -0.1) is 0 Å². The van der Waals surface area contributed by atoms with E-state index in [9.17, 15) is 9.18 Å². The Morgan fingerprint density at radius 1 is 1.25 bits per heavy atom. The van der Waals surface area contributed by atoms with Crippen molar-refractivity contribution in [1.82, 2.24) is 0 Å². The number of aryl methyl sites for hydroxylation is 1. The second-order valence-electron chi connectivity index (χ2n) is 6.16. The number of halogens is 1. The van der Waals surface area contributed by atoms with E-state index >= 15 is 0 Å². The van der Waals surface area contributed by atoms with Gasteiger partial charge in [0.25, 0.3) is 0 Å². The van der Waals surface area contributed by atoms with Crippen LogP contribution in [0.15, 0.2) is 12.1 Å². The second-order valence-corrected chi connectivity index (χ2v) is 6.16. The third-order valence-electron chi connectivity index (χ3n) is 4.48. The molecule has 0 heterocycles. The average Bonchev–Trinajstić information content (AvgIpc) is 2.37. The van der Waals surface area contributed by atoms with Gasteiger partial charge in [0.1, 0.15) is 11.6 Å². The molecule has 0 bridgehead atoms. The van der Waals surface area contributed by atoms with Gasteiger partial charge in [-0.3, -0.25) is 4.79 Å². The lowest BCUT2D eigenvalue weighted by molar-refractivity contribution is 0.0938. The first-order valence-electron chi connectivity index (χ1n) is 7.36. The van der Waals surface area contributed by atoms with Gasteiger partial charge >= 0.3 is 0 Å². The van der Waals surface area contributed by atoms with Crippen molar-refractivity contribution in [3.8, 4) is 5.75 Å². The Balaban J connectivity index is 2.20.